The van der Waals surface area contributed by atoms with Crippen molar-refractivity contribution in [1.29, 1.82) is 0 Å². The molecule has 0 aliphatic rings. The van der Waals surface area contributed by atoms with E-state index in [1.54, 1.807) is 29.7 Å². The Bertz CT molecular complexity index is 1430. The SMILES string of the molecule is Cc1cc(COc2cc(C)n(-c3cc(-c4nc(C(C)C)ncc4C)ncc3Cl)c(=O)c2Cl)cs1. The molecule has 0 aromatic carbocycles. The fourth-order valence-electron chi connectivity index (χ4n) is 3.54. The second-order valence-corrected chi connectivity index (χ2v) is 10.3. The van der Waals surface area contributed by atoms with Crippen LogP contribution in [0.4, 0.5) is 0 Å². The second kappa shape index (κ2) is 9.86. The standard InChI is InChI=1S/C25H24Cl2N4O2S/c1-13(2)24-29-9-14(3)23(30-24)19-8-20(18(26)10-28-19)31-15(4)6-21(22(27)25(31)32)33-11-17-7-16(5)34-12-17/h6-10,12-13H,11H2,1-5H3. The van der Waals surface area contributed by atoms with Gasteiger partial charge >= 0.3 is 0 Å². The number of hydrogen-bond acceptors (Lipinski definition) is 6. The highest BCUT2D eigenvalue weighted by Gasteiger charge is 2.18. The molecule has 0 atom stereocenters. The van der Waals surface area contributed by atoms with Crippen LogP contribution in [-0.2, 0) is 6.61 Å². The summed E-state index contributed by atoms with van der Waals surface area (Å²) in [7, 11) is 0. The molecule has 34 heavy (non-hydrogen) atoms. The minimum Gasteiger partial charge on any atom is -0.487 e. The van der Waals surface area contributed by atoms with Crippen LogP contribution in [-0.4, -0.2) is 19.5 Å². The molecular formula is C25H24Cl2N4O2S. The Labute approximate surface area is 212 Å². The maximum absolute atomic E-state index is 13.3. The summed E-state index contributed by atoms with van der Waals surface area (Å²) >= 11 is 14.6. The van der Waals surface area contributed by atoms with Gasteiger partial charge < -0.3 is 4.74 Å². The molecule has 0 saturated carbocycles. The summed E-state index contributed by atoms with van der Waals surface area (Å²) in [5.41, 5.74) is 3.88. The van der Waals surface area contributed by atoms with Gasteiger partial charge in [0.1, 0.15) is 23.2 Å². The third-order valence-electron chi connectivity index (χ3n) is 5.30. The van der Waals surface area contributed by atoms with Gasteiger partial charge in [0.25, 0.3) is 5.56 Å². The maximum Gasteiger partial charge on any atom is 0.277 e. The molecule has 0 aliphatic heterocycles. The van der Waals surface area contributed by atoms with Crippen LogP contribution in [0.15, 0.2) is 40.8 Å². The molecule has 4 aromatic rings. The summed E-state index contributed by atoms with van der Waals surface area (Å²) in [6, 6.07) is 5.54. The van der Waals surface area contributed by atoms with Gasteiger partial charge in [-0.05, 0) is 43.8 Å². The largest absolute Gasteiger partial charge is 0.487 e. The van der Waals surface area contributed by atoms with E-state index in [1.807, 2.05) is 46.1 Å². The average Bonchev–Trinajstić information content (AvgIpc) is 3.22. The van der Waals surface area contributed by atoms with Crippen LogP contribution in [0.1, 0.15) is 47.3 Å². The first-order chi connectivity index (χ1) is 16.2. The van der Waals surface area contributed by atoms with Gasteiger partial charge in [-0.3, -0.25) is 14.3 Å². The summed E-state index contributed by atoms with van der Waals surface area (Å²) in [6.07, 6.45) is 3.30. The predicted octanol–water partition coefficient (Wildman–Crippen LogP) is 6.69. The van der Waals surface area contributed by atoms with Crippen LogP contribution < -0.4 is 10.3 Å². The van der Waals surface area contributed by atoms with E-state index in [2.05, 4.69) is 15.0 Å². The summed E-state index contributed by atoms with van der Waals surface area (Å²) < 4.78 is 7.33. The van der Waals surface area contributed by atoms with E-state index in [9.17, 15) is 4.79 Å². The van der Waals surface area contributed by atoms with E-state index in [-0.39, 0.29) is 10.9 Å². The van der Waals surface area contributed by atoms with Crippen molar-refractivity contribution >= 4 is 34.5 Å². The summed E-state index contributed by atoms with van der Waals surface area (Å²) in [6.45, 7) is 10.2. The molecule has 0 aliphatic carbocycles. The lowest BCUT2D eigenvalue weighted by Gasteiger charge is -2.16. The van der Waals surface area contributed by atoms with Crippen molar-refractivity contribution in [3.63, 3.8) is 0 Å². The van der Waals surface area contributed by atoms with Crippen molar-refractivity contribution in [2.24, 2.45) is 0 Å². The zero-order chi connectivity index (χ0) is 24.6. The molecular weight excluding hydrogens is 491 g/mol. The molecule has 4 heterocycles. The number of rotatable bonds is 6. The van der Waals surface area contributed by atoms with Crippen LogP contribution in [0.25, 0.3) is 17.1 Å². The molecule has 0 bridgehead atoms. The molecule has 0 N–H and O–H groups in total. The van der Waals surface area contributed by atoms with Gasteiger partial charge in [0.15, 0.2) is 0 Å². The van der Waals surface area contributed by atoms with Gasteiger partial charge in [0.2, 0.25) is 0 Å². The number of aryl methyl sites for hydroxylation is 3. The Hall–Kier alpha value is -2.74. The van der Waals surface area contributed by atoms with E-state index < -0.39 is 5.56 Å². The first-order valence-electron chi connectivity index (χ1n) is 10.7. The van der Waals surface area contributed by atoms with Crippen LogP contribution in [0, 0.1) is 20.8 Å². The highest BCUT2D eigenvalue weighted by atomic mass is 35.5. The van der Waals surface area contributed by atoms with Crippen LogP contribution in [0.2, 0.25) is 10.0 Å². The lowest BCUT2D eigenvalue weighted by Crippen LogP contribution is -2.22. The third kappa shape index (κ3) is 4.87. The molecule has 0 radical (unpaired) electrons. The van der Waals surface area contributed by atoms with Gasteiger partial charge in [0, 0.05) is 40.5 Å². The zero-order valence-corrected chi connectivity index (χ0v) is 21.8. The third-order valence-corrected chi connectivity index (χ3v) is 6.85. The first kappa shape index (κ1) is 24.4. The summed E-state index contributed by atoms with van der Waals surface area (Å²) in [5.74, 6) is 1.22. The summed E-state index contributed by atoms with van der Waals surface area (Å²) in [5, 5.41) is 2.34. The number of aromatic nitrogens is 4. The zero-order valence-electron chi connectivity index (χ0n) is 19.5. The minimum atomic E-state index is -0.417. The number of pyridine rings is 2. The number of halogens is 2. The number of nitrogens with zero attached hydrogens (tertiary/aromatic N) is 4. The Morgan fingerprint density at radius 1 is 1.09 bits per heavy atom. The molecule has 0 saturated heterocycles. The van der Waals surface area contributed by atoms with Gasteiger partial charge in [-0.2, -0.15) is 0 Å². The van der Waals surface area contributed by atoms with E-state index in [4.69, 9.17) is 27.9 Å². The quantitative estimate of drug-likeness (QED) is 0.286. The first-order valence-corrected chi connectivity index (χ1v) is 12.4. The molecule has 4 aromatic heterocycles. The van der Waals surface area contributed by atoms with E-state index in [1.165, 1.54) is 15.6 Å². The fraction of sp³-hybridized carbons (Fsp3) is 0.280. The predicted molar refractivity (Wildman–Crippen MR) is 138 cm³/mol. The molecule has 0 amide bonds. The van der Waals surface area contributed by atoms with Crippen molar-refractivity contribution in [3.05, 3.63) is 83.9 Å². The average molecular weight is 515 g/mol. The lowest BCUT2D eigenvalue weighted by molar-refractivity contribution is 0.305. The lowest BCUT2D eigenvalue weighted by atomic mass is 10.1. The van der Waals surface area contributed by atoms with Crippen LogP contribution in [0.5, 0.6) is 5.75 Å². The molecule has 176 valence electrons. The van der Waals surface area contributed by atoms with Crippen LogP contribution in [0.3, 0.4) is 0 Å². The van der Waals surface area contributed by atoms with Crippen molar-refractivity contribution in [2.75, 3.05) is 0 Å². The topological polar surface area (TPSA) is 69.9 Å². The molecule has 6 nitrogen and oxygen atoms in total. The number of ether oxygens (including phenoxy) is 1. The Morgan fingerprint density at radius 2 is 1.85 bits per heavy atom. The molecule has 4 rings (SSSR count). The molecule has 0 spiro atoms. The van der Waals surface area contributed by atoms with Crippen LogP contribution >= 0.6 is 34.5 Å². The minimum absolute atomic E-state index is 0.00714. The van der Waals surface area contributed by atoms with Crippen molar-refractivity contribution in [2.45, 2.75) is 47.1 Å². The van der Waals surface area contributed by atoms with Crippen molar-refractivity contribution < 1.29 is 4.74 Å². The molecule has 0 fully saturated rings. The van der Waals surface area contributed by atoms with E-state index in [0.717, 1.165) is 17.0 Å². The Kier molecular flexibility index (Phi) is 7.07. The van der Waals surface area contributed by atoms with Gasteiger partial charge in [-0.25, -0.2) is 9.97 Å². The highest BCUT2D eigenvalue weighted by molar-refractivity contribution is 7.10. The molecule has 0 unspecified atom stereocenters. The monoisotopic (exact) mass is 514 g/mol. The van der Waals surface area contributed by atoms with Gasteiger partial charge in [-0.1, -0.05) is 37.0 Å². The molecule has 9 heteroatoms. The smallest absolute Gasteiger partial charge is 0.277 e. The number of hydrogen-bond donors (Lipinski definition) is 0. The van der Waals surface area contributed by atoms with E-state index >= 15 is 0 Å². The highest BCUT2D eigenvalue weighted by Crippen LogP contribution is 2.30. The normalized spacial score (nSPS) is 11.3. The van der Waals surface area contributed by atoms with E-state index in [0.29, 0.717) is 40.1 Å². The Morgan fingerprint density at radius 3 is 2.53 bits per heavy atom. The number of thiophene rings is 1. The summed E-state index contributed by atoms with van der Waals surface area (Å²) in [4.78, 5) is 28.0. The van der Waals surface area contributed by atoms with Crippen molar-refractivity contribution in [1.82, 2.24) is 19.5 Å². The van der Waals surface area contributed by atoms with Crippen molar-refractivity contribution in [3.8, 4) is 22.8 Å². The van der Waals surface area contributed by atoms with Gasteiger partial charge in [-0.15, -0.1) is 11.3 Å². The second-order valence-electron chi connectivity index (χ2n) is 8.39. The van der Waals surface area contributed by atoms with Gasteiger partial charge in [0.05, 0.1) is 22.1 Å². The Balaban J connectivity index is 1.76. The maximum atomic E-state index is 13.3. The fourth-order valence-corrected chi connectivity index (χ4v) is 4.62.